The number of morpholine rings is 1. The second-order valence-electron chi connectivity index (χ2n) is 8.74. The number of anilines is 2. The minimum Gasteiger partial charge on any atom is -0.494 e. The lowest BCUT2D eigenvalue weighted by Crippen LogP contribution is -2.37. The largest absolute Gasteiger partial charge is 0.494 e. The van der Waals surface area contributed by atoms with Crippen molar-refractivity contribution in [3.8, 4) is 27.6 Å². The molecule has 0 bridgehead atoms. The maximum absolute atomic E-state index is 12.2. The van der Waals surface area contributed by atoms with E-state index < -0.39 is 0 Å². The number of rotatable bonds is 9. The standard InChI is InChI=1S/C29H30N4O3S/c34-29(30-24-5-2-1-3-6-24)31-25-11-7-22(8-12-25)27-21-37-28(32-27)23-9-13-26(14-10-23)36-18-4-15-33-16-19-35-20-17-33/h1-3,5-14,21H,4,15-20H2,(H2,30,31,34). The van der Waals surface area contributed by atoms with Crippen LogP contribution in [-0.2, 0) is 4.74 Å². The van der Waals surface area contributed by atoms with Gasteiger partial charge in [-0.25, -0.2) is 9.78 Å². The molecule has 5 rings (SSSR count). The van der Waals surface area contributed by atoms with E-state index in [1.54, 1.807) is 11.3 Å². The summed E-state index contributed by atoms with van der Waals surface area (Å²) in [6, 6.07) is 24.9. The van der Waals surface area contributed by atoms with Crippen LogP contribution in [0, 0.1) is 0 Å². The summed E-state index contributed by atoms with van der Waals surface area (Å²) >= 11 is 1.61. The normalized spacial score (nSPS) is 13.7. The number of benzene rings is 3. The third-order valence-corrected chi connectivity index (χ3v) is 6.96. The Morgan fingerprint density at radius 2 is 1.57 bits per heavy atom. The topological polar surface area (TPSA) is 75.7 Å². The van der Waals surface area contributed by atoms with Crippen LogP contribution in [0.2, 0.25) is 0 Å². The molecule has 0 spiro atoms. The predicted molar refractivity (Wildman–Crippen MR) is 149 cm³/mol. The summed E-state index contributed by atoms with van der Waals surface area (Å²) in [5, 5.41) is 8.68. The molecular weight excluding hydrogens is 484 g/mol. The number of hydrogen-bond acceptors (Lipinski definition) is 6. The molecular formula is C29H30N4O3S. The Morgan fingerprint density at radius 1 is 0.892 bits per heavy atom. The van der Waals surface area contributed by atoms with Crippen LogP contribution in [0.15, 0.2) is 84.2 Å². The zero-order valence-electron chi connectivity index (χ0n) is 20.6. The second-order valence-corrected chi connectivity index (χ2v) is 9.60. The first kappa shape index (κ1) is 25.0. The maximum atomic E-state index is 12.2. The molecule has 1 aliphatic rings. The number of ether oxygens (including phenoxy) is 2. The molecule has 4 aromatic rings. The number of carbonyl (C=O) groups is 1. The van der Waals surface area contributed by atoms with Crippen LogP contribution in [0.5, 0.6) is 5.75 Å². The molecule has 7 nitrogen and oxygen atoms in total. The fourth-order valence-electron chi connectivity index (χ4n) is 4.07. The van der Waals surface area contributed by atoms with Crippen molar-refractivity contribution in [3.63, 3.8) is 0 Å². The zero-order valence-corrected chi connectivity index (χ0v) is 21.4. The van der Waals surface area contributed by atoms with E-state index in [-0.39, 0.29) is 6.03 Å². The van der Waals surface area contributed by atoms with Crippen LogP contribution in [0.3, 0.4) is 0 Å². The van der Waals surface area contributed by atoms with E-state index >= 15 is 0 Å². The number of thiazole rings is 1. The number of para-hydroxylation sites is 1. The Kier molecular flexibility index (Phi) is 8.43. The fourth-order valence-corrected chi connectivity index (χ4v) is 4.91. The van der Waals surface area contributed by atoms with Gasteiger partial charge in [-0.1, -0.05) is 30.3 Å². The van der Waals surface area contributed by atoms with Crippen molar-refractivity contribution in [1.82, 2.24) is 9.88 Å². The van der Waals surface area contributed by atoms with Crippen LogP contribution in [0.1, 0.15) is 6.42 Å². The van der Waals surface area contributed by atoms with Crippen molar-refractivity contribution >= 4 is 28.7 Å². The van der Waals surface area contributed by atoms with Crippen molar-refractivity contribution in [2.24, 2.45) is 0 Å². The van der Waals surface area contributed by atoms with Gasteiger partial charge < -0.3 is 20.1 Å². The number of amides is 2. The summed E-state index contributed by atoms with van der Waals surface area (Å²) in [5.41, 5.74) is 4.43. The molecule has 2 heterocycles. The first-order valence-electron chi connectivity index (χ1n) is 12.5. The molecule has 0 radical (unpaired) electrons. The molecule has 190 valence electrons. The lowest BCUT2D eigenvalue weighted by atomic mass is 10.1. The van der Waals surface area contributed by atoms with Gasteiger partial charge in [-0.2, -0.15) is 0 Å². The Labute approximate surface area is 221 Å². The van der Waals surface area contributed by atoms with Crippen LogP contribution < -0.4 is 15.4 Å². The summed E-state index contributed by atoms with van der Waals surface area (Å²) in [5.74, 6) is 0.877. The summed E-state index contributed by atoms with van der Waals surface area (Å²) in [7, 11) is 0. The molecule has 1 aliphatic heterocycles. The number of hydrogen-bond donors (Lipinski definition) is 2. The molecule has 0 unspecified atom stereocenters. The minimum absolute atomic E-state index is 0.278. The van der Waals surface area contributed by atoms with Crippen molar-refractivity contribution in [1.29, 1.82) is 0 Å². The molecule has 1 aromatic heterocycles. The molecule has 37 heavy (non-hydrogen) atoms. The van der Waals surface area contributed by atoms with Crippen LogP contribution >= 0.6 is 11.3 Å². The van der Waals surface area contributed by atoms with Gasteiger partial charge in [-0.15, -0.1) is 11.3 Å². The molecule has 0 saturated carbocycles. The van der Waals surface area contributed by atoms with E-state index in [0.717, 1.165) is 72.5 Å². The smallest absolute Gasteiger partial charge is 0.323 e. The monoisotopic (exact) mass is 514 g/mol. The van der Waals surface area contributed by atoms with Crippen molar-refractivity contribution < 1.29 is 14.3 Å². The average molecular weight is 515 g/mol. The molecule has 8 heteroatoms. The summed E-state index contributed by atoms with van der Waals surface area (Å²) in [6.07, 6.45) is 1.00. The minimum atomic E-state index is -0.278. The lowest BCUT2D eigenvalue weighted by molar-refractivity contribution is 0.0358. The first-order valence-corrected chi connectivity index (χ1v) is 13.3. The summed E-state index contributed by atoms with van der Waals surface area (Å²) < 4.78 is 11.3. The number of carbonyl (C=O) groups excluding carboxylic acids is 1. The molecule has 0 aliphatic carbocycles. The average Bonchev–Trinajstić information content (AvgIpc) is 3.43. The van der Waals surface area contributed by atoms with Crippen LogP contribution in [0.25, 0.3) is 21.8 Å². The van der Waals surface area contributed by atoms with Crippen molar-refractivity contribution in [3.05, 3.63) is 84.2 Å². The van der Waals surface area contributed by atoms with E-state index in [1.165, 1.54) is 0 Å². The lowest BCUT2D eigenvalue weighted by Gasteiger charge is -2.26. The van der Waals surface area contributed by atoms with E-state index in [1.807, 2.05) is 66.7 Å². The quantitative estimate of drug-likeness (QED) is 0.259. The van der Waals surface area contributed by atoms with Gasteiger partial charge in [0.05, 0.1) is 25.5 Å². The van der Waals surface area contributed by atoms with Gasteiger partial charge in [0.25, 0.3) is 0 Å². The predicted octanol–water partition coefficient (Wildman–Crippen LogP) is 6.22. The van der Waals surface area contributed by atoms with Crippen molar-refractivity contribution in [2.45, 2.75) is 6.42 Å². The highest BCUT2D eigenvalue weighted by molar-refractivity contribution is 7.13. The van der Waals surface area contributed by atoms with E-state index in [0.29, 0.717) is 12.3 Å². The van der Waals surface area contributed by atoms with E-state index in [4.69, 9.17) is 14.5 Å². The third kappa shape index (κ3) is 7.16. The van der Waals surface area contributed by atoms with Gasteiger partial charge in [-0.3, -0.25) is 4.90 Å². The zero-order chi connectivity index (χ0) is 25.3. The Bertz CT molecular complexity index is 1270. The maximum Gasteiger partial charge on any atom is 0.323 e. The molecule has 2 N–H and O–H groups in total. The Morgan fingerprint density at radius 3 is 2.30 bits per heavy atom. The summed E-state index contributed by atoms with van der Waals surface area (Å²) in [4.78, 5) is 19.4. The molecule has 2 amide bonds. The Hall–Kier alpha value is -3.72. The number of nitrogens with zero attached hydrogens (tertiary/aromatic N) is 2. The summed E-state index contributed by atoms with van der Waals surface area (Å²) in [6.45, 7) is 5.43. The van der Waals surface area contributed by atoms with Crippen LogP contribution in [0.4, 0.5) is 16.2 Å². The fraction of sp³-hybridized carbons (Fsp3) is 0.241. The van der Waals surface area contributed by atoms with E-state index in [9.17, 15) is 4.79 Å². The number of aromatic nitrogens is 1. The molecule has 1 fully saturated rings. The number of nitrogens with one attached hydrogen (secondary N) is 2. The molecule has 0 atom stereocenters. The van der Waals surface area contributed by atoms with Crippen LogP contribution in [-0.4, -0.2) is 55.4 Å². The van der Waals surface area contributed by atoms with Gasteiger partial charge >= 0.3 is 6.03 Å². The number of urea groups is 1. The third-order valence-electron chi connectivity index (χ3n) is 6.07. The highest BCUT2D eigenvalue weighted by Crippen LogP contribution is 2.30. The van der Waals surface area contributed by atoms with Gasteiger partial charge in [0.1, 0.15) is 10.8 Å². The molecule has 1 saturated heterocycles. The van der Waals surface area contributed by atoms with Gasteiger partial charge in [-0.05, 0) is 55.0 Å². The highest BCUT2D eigenvalue weighted by Gasteiger charge is 2.10. The SMILES string of the molecule is O=C(Nc1ccccc1)Nc1ccc(-c2csc(-c3ccc(OCCCN4CCOCC4)cc3)n2)cc1. The van der Waals surface area contributed by atoms with Crippen molar-refractivity contribution in [2.75, 3.05) is 50.1 Å². The highest BCUT2D eigenvalue weighted by atomic mass is 32.1. The van der Waals surface area contributed by atoms with Gasteiger partial charge in [0, 0.05) is 47.5 Å². The van der Waals surface area contributed by atoms with Gasteiger partial charge in [0.2, 0.25) is 0 Å². The van der Waals surface area contributed by atoms with Gasteiger partial charge in [0.15, 0.2) is 0 Å². The second kappa shape index (κ2) is 12.5. The first-order chi connectivity index (χ1) is 18.2. The van der Waals surface area contributed by atoms with E-state index in [2.05, 4.69) is 33.0 Å². The molecule has 3 aromatic carbocycles. The Balaban J connectivity index is 1.11.